The van der Waals surface area contributed by atoms with Gasteiger partial charge in [-0.05, 0) is 67.7 Å². The van der Waals surface area contributed by atoms with E-state index in [1.54, 1.807) is 33.8 Å². The molecular formula is C53H66FN11O17S2. The van der Waals surface area contributed by atoms with Gasteiger partial charge in [-0.1, -0.05) is 32.1 Å². The number of nitrogens with zero attached hydrogens (tertiary/aromatic N) is 5. The second kappa shape index (κ2) is 26.7. The Labute approximate surface area is 484 Å². The van der Waals surface area contributed by atoms with Crippen LogP contribution < -0.4 is 37.7 Å². The Kier molecular flexibility index (Phi) is 19.9. The summed E-state index contributed by atoms with van der Waals surface area (Å²) < 4.78 is 67.0. The lowest BCUT2D eigenvalue weighted by atomic mass is 9.82. The van der Waals surface area contributed by atoms with Gasteiger partial charge < -0.3 is 65.3 Å². The molecule has 4 aromatic rings. The number of ether oxygens (including phenoxy) is 5. The van der Waals surface area contributed by atoms with Crippen molar-refractivity contribution in [2.45, 2.75) is 133 Å². The molecule has 1 aromatic carbocycles. The van der Waals surface area contributed by atoms with Gasteiger partial charge in [0.2, 0.25) is 44.6 Å². The number of hydrogen-bond acceptors (Lipinski definition) is 21. The van der Waals surface area contributed by atoms with E-state index in [1.807, 2.05) is 0 Å². The number of hydrogen-bond donors (Lipinski definition) is 7. The van der Waals surface area contributed by atoms with Gasteiger partial charge in [0.1, 0.15) is 30.5 Å². The van der Waals surface area contributed by atoms with E-state index >= 15 is 4.39 Å². The Morgan fingerprint density at radius 1 is 0.929 bits per heavy atom. The van der Waals surface area contributed by atoms with Crippen LogP contribution in [-0.2, 0) is 97.2 Å². The number of aliphatic carboxylic acids is 1. The molecule has 4 aliphatic rings. The monoisotopic (exact) mass is 1210 g/mol. The molecule has 1 fully saturated rings. The number of pyridine rings is 2. The van der Waals surface area contributed by atoms with Gasteiger partial charge in [0.15, 0.2) is 0 Å². The number of esters is 2. The molecule has 0 unspecified atom stereocenters. The summed E-state index contributed by atoms with van der Waals surface area (Å²) in [5.41, 5.74) is 8.02. The molecule has 9 N–H and O–H groups in total. The minimum atomic E-state index is -4.07. The highest BCUT2D eigenvalue weighted by molar-refractivity contribution is 7.91. The first kappa shape index (κ1) is 62.6. The fraction of sp³-hybridized carbons (Fsp3) is 0.547. The number of rotatable bonds is 27. The third-order valence-electron chi connectivity index (χ3n) is 15.0. The number of carbonyl (C=O) groups is 8. The smallest absolute Gasteiger partial charge is 0.355 e. The van der Waals surface area contributed by atoms with Crippen molar-refractivity contribution in [2.75, 3.05) is 58.0 Å². The summed E-state index contributed by atoms with van der Waals surface area (Å²) in [5.74, 6) is -7.83. The number of halogens is 1. The maximum atomic E-state index is 15.3. The highest BCUT2D eigenvalue weighted by Crippen LogP contribution is 2.46. The molecule has 1 saturated heterocycles. The van der Waals surface area contributed by atoms with Crippen LogP contribution in [0.15, 0.2) is 21.3 Å². The molecule has 31 heteroatoms. The van der Waals surface area contributed by atoms with Crippen molar-refractivity contribution in [3.05, 3.63) is 61.7 Å². The molecule has 5 atom stereocenters. The van der Waals surface area contributed by atoms with Crippen LogP contribution in [0.4, 0.5) is 9.52 Å². The van der Waals surface area contributed by atoms with Gasteiger partial charge in [-0.3, -0.25) is 33.6 Å². The Balaban J connectivity index is 0.799. The third kappa shape index (κ3) is 13.7. The van der Waals surface area contributed by atoms with Crippen LogP contribution >= 0.6 is 11.3 Å². The summed E-state index contributed by atoms with van der Waals surface area (Å²) in [4.78, 5) is 126. The number of nitrogens with one attached hydrogen (secondary N) is 4. The summed E-state index contributed by atoms with van der Waals surface area (Å²) in [7, 11) is -4.07. The van der Waals surface area contributed by atoms with Crippen LogP contribution in [0.2, 0.25) is 0 Å². The molecule has 5 amide bonds. The largest absolute Gasteiger partial charge is 0.481 e. The molecule has 3 aliphatic heterocycles. The molecule has 0 radical (unpaired) electrons. The van der Waals surface area contributed by atoms with Crippen LogP contribution in [0.1, 0.15) is 112 Å². The molecule has 3 aromatic heterocycles. The van der Waals surface area contributed by atoms with E-state index < -0.39 is 122 Å². The van der Waals surface area contributed by atoms with Gasteiger partial charge in [-0.2, -0.15) is 0 Å². The summed E-state index contributed by atoms with van der Waals surface area (Å²) in [6, 6.07) is -1.68. The van der Waals surface area contributed by atoms with Crippen molar-refractivity contribution in [1.82, 2.24) is 40.6 Å². The Morgan fingerprint density at radius 3 is 2.31 bits per heavy atom. The molecule has 28 nitrogen and oxygen atoms in total. The number of likely N-dealkylation sites (tertiary alicyclic amines) is 1. The van der Waals surface area contributed by atoms with Crippen LogP contribution in [0.25, 0.3) is 22.3 Å². The van der Waals surface area contributed by atoms with Gasteiger partial charge >= 0.3 is 17.9 Å². The van der Waals surface area contributed by atoms with E-state index in [0.29, 0.717) is 58.6 Å². The van der Waals surface area contributed by atoms with Crippen LogP contribution in [-0.4, -0.2) is 156 Å². The van der Waals surface area contributed by atoms with Gasteiger partial charge in [0.25, 0.3) is 15.6 Å². The zero-order chi connectivity index (χ0) is 60.8. The molecule has 0 saturated carbocycles. The Bertz CT molecular complexity index is 3450. The topological polar surface area (TPSA) is 401 Å². The molecule has 1 aliphatic carbocycles. The number of primary sulfonamides is 1. The molecular weight excluding hydrogens is 1150 g/mol. The molecule has 454 valence electrons. The summed E-state index contributed by atoms with van der Waals surface area (Å²) in [6.45, 7) is 6.93. The number of fused-ring (bicyclic) bond motifs is 5. The molecule has 0 bridgehead atoms. The number of aryl methyl sites for hydroxylation is 1. The summed E-state index contributed by atoms with van der Waals surface area (Å²) in [5, 5.41) is 32.3. The number of sulfonamides is 1. The standard InChI is InChI=1S/C53H66FN11O17S2/c1-5-53(31-21-37-45-29(24-65(37)47(72)30(31)25-81-50(53)75)42-33(55)9-8-28-27(4)32(54)22-34(59-45)43(28)42)82-49(74)44(26(2)3)61-46(71)36-7-6-14-64(36)48(73)35(23-41(69)70)58-40(68)12-15-78-17-19-80-20-18-79-16-13-57-38(66)10-11-39(67)60-51-62-63-52(83-51)84(56,76)77/h21-22,26,33,35-36,44H,5-20,23-25,55H2,1-4H3,(H,57,66)(H,58,68)(H,61,71)(H,69,70)(H2,56,76,77)(H,60,62,67)/t33-,35-,36-,44-,53-/m0/s1. The number of nitrogens with two attached hydrogens (primary N) is 2. The lowest BCUT2D eigenvalue weighted by Gasteiger charge is -2.37. The quantitative estimate of drug-likeness (QED) is 0.0215. The normalized spacial score (nSPS) is 18.5. The lowest BCUT2D eigenvalue weighted by molar-refractivity contribution is -0.191. The lowest BCUT2D eigenvalue weighted by Crippen LogP contribution is -2.57. The second-order valence-corrected chi connectivity index (χ2v) is 23.6. The fourth-order valence-corrected chi connectivity index (χ4v) is 12.1. The Hall–Kier alpha value is -7.42. The zero-order valence-electron chi connectivity index (χ0n) is 46.5. The zero-order valence-corrected chi connectivity index (χ0v) is 48.2. The summed E-state index contributed by atoms with van der Waals surface area (Å²) in [6.07, 6.45) is -0.0692. The number of cyclic esters (lactones) is 1. The summed E-state index contributed by atoms with van der Waals surface area (Å²) >= 11 is 0.571. The number of anilines is 1. The molecule has 6 heterocycles. The van der Waals surface area contributed by atoms with Crippen LogP contribution in [0.3, 0.4) is 0 Å². The number of carboxylic acid groups (broad SMARTS) is 1. The highest BCUT2D eigenvalue weighted by Gasteiger charge is 2.52. The van der Waals surface area contributed by atoms with Gasteiger partial charge in [-0.15, -0.1) is 10.2 Å². The number of carbonyl (C=O) groups excluding carboxylic acids is 7. The van der Waals surface area contributed by atoms with Gasteiger partial charge in [0, 0.05) is 61.0 Å². The van der Waals surface area contributed by atoms with Gasteiger partial charge in [-0.25, -0.2) is 32.5 Å². The average Bonchev–Trinajstić information content (AvgIpc) is 1.46. The number of carboxylic acids is 1. The van der Waals surface area contributed by atoms with Crippen molar-refractivity contribution in [2.24, 2.45) is 16.8 Å². The third-order valence-corrected chi connectivity index (χ3v) is 17.1. The van der Waals surface area contributed by atoms with Crippen molar-refractivity contribution < 1.29 is 80.0 Å². The van der Waals surface area contributed by atoms with Crippen LogP contribution in [0, 0.1) is 18.7 Å². The van der Waals surface area contributed by atoms with E-state index in [2.05, 4.69) is 31.5 Å². The number of aromatic nitrogens is 4. The highest BCUT2D eigenvalue weighted by atomic mass is 32.2. The molecule has 84 heavy (non-hydrogen) atoms. The Morgan fingerprint density at radius 2 is 1.63 bits per heavy atom. The number of amides is 5. The minimum absolute atomic E-state index is 0.0236. The van der Waals surface area contributed by atoms with Gasteiger partial charge in [0.05, 0.1) is 75.1 Å². The van der Waals surface area contributed by atoms with Crippen molar-refractivity contribution in [3.63, 3.8) is 0 Å². The maximum absolute atomic E-state index is 15.3. The second-order valence-electron chi connectivity index (χ2n) is 20.9. The van der Waals surface area contributed by atoms with Crippen LogP contribution in [0.5, 0.6) is 0 Å². The predicted octanol–water partition coefficient (Wildman–Crippen LogP) is 0.589. The SMILES string of the molecule is CC[C@@]1(OC(=O)[C@@H](NC(=O)[C@@H]2CCCN2C(=O)[C@H](CC(=O)O)NC(=O)CCOCCOCCOCCNC(=O)CCC(=O)Nc2nnc(S(N)(=O)=O)s2)C(C)C)C(=O)OCc2c1cc1n(c2=O)Cc2c-1nc1cc(F)c(C)c3c1c2[C@@H](N)CC3. The average molecular weight is 1210 g/mol. The van der Waals surface area contributed by atoms with Crippen molar-refractivity contribution in [1.29, 1.82) is 0 Å². The number of benzene rings is 1. The first-order valence-electron chi connectivity index (χ1n) is 27.3. The van der Waals surface area contributed by atoms with E-state index in [9.17, 15) is 56.7 Å². The molecule has 8 rings (SSSR count). The predicted molar refractivity (Wildman–Crippen MR) is 293 cm³/mol. The van der Waals surface area contributed by atoms with E-state index in [-0.39, 0.29) is 108 Å². The fourth-order valence-electron chi connectivity index (χ4n) is 10.7. The van der Waals surface area contributed by atoms with Crippen molar-refractivity contribution in [3.8, 4) is 11.4 Å². The minimum Gasteiger partial charge on any atom is -0.481 e. The van der Waals surface area contributed by atoms with E-state index in [1.165, 1.54) is 10.6 Å². The van der Waals surface area contributed by atoms with Crippen molar-refractivity contribution >= 4 is 84.8 Å². The first-order valence-corrected chi connectivity index (χ1v) is 29.7. The van der Waals surface area contributed by atoms with E-state index in [4.69, 9.17) is 39.5 Å². The molecule has 0 spiro atoms. The first-order chi connectivity index (χ1) is 39.9. The maximum Gasteiger partial charge on any atom is 0.355 e. The van der Waals surface area contributed by atoms with E-state index in [0.717, 1.165) is 21.4 Å².